The van der Waals surface area contributed by atoms with Crippen LogP contribution in [-0.2, 0) is 9.53 Å². The van der Waals surface area contributed by atoms with E-state index in [1.807, 2.05) is 0 Å². The van der Waals surface area contributed by atoms with Crippen LogP contribution in [0.3, 0.4) is 0 Å². The van der Waals surface area contributed by atoms with Gasteiger partial charge in [0.1, 0.15) is 16.7 Å². The summed E-state index contributed by atoms with van der Waals surface area (Å²) in [6.45, 7) is 1.40. The normalized spacial score (nSPS) is 11.1. The number of nitrogens with one attached hydrogen (secondary N) is 2. The number of rotatable bonds is 4. The van der Waals surface area contributed by atoms with E-state index >= 15 is 0 Å². The summed E-state index contributed by atoms with van der Waals surface area (Å²) < 4.78 is 9.50. The average Bonchev–Trinajstić information content (AvgIpc) is 2.38. The highest BCUT2D eigenvalue weighted by Gasteiger charge is 2.28. The highest BCUT2D eigenvalue weighted by molar-refractivity contribution is 7.80. The summed E-state index contributed by atoms with van der Waals surface area (Å²) in [4.78, 5) is 23.0. The third kappa shape index (κ3) is 4.43. The number of amides is 1. The second-order valence-corrected chi connectivity index (χ2v) is 4.27. The Morgan fingerprint density at radius 2 is 1.90 bits per heavy atom. The first-order valence-electron chi connectivity index (χ1n) is 5.66. The van der Waals surface area contributed by atoms with Crippen molar-refractivity contribution < 1.29 is 19.1 Å². The number of hydrogen-bond acceptors (Lipinski definition) is 6. The second kappa shape index (κ2) is 7.34. The number of carbonyl (C=O) groups is 2. The lowest BCUT2D eigenvalue weighted by atomic mass is 10.1. The van der Waals surface area contributed by atoms with Gasteiger partial charge in [0.05, 0.1) is 7.11 Å². The Bertz CT molecular complexity index is 530. The van der Waals surface area contributed by atoms with E-state index in [1.54, 1.807) is 30.3 Å². The minimum absolute atomic E-state index is 0.0261. The summed E-state index contributed by atoms with van der Waals surface area (Å²) in [6, 6.07) is 8.39. The third-order valence-corrected chi connectivity index (χ3v) is 2.65. The highest BCUT2D eigenvalue weighted by atomic mass is 32.1. The molecule has 1 aromatic carbocycles. The van der Waals surface area contributed by atoms with Crippen molar-refractivity contribution >= 4 is 35.0 Å². The molecule has 0 aliphatic carbocycles. The van der Waals surface area contributed by atoms with E-state index in [1.165, 1.54) is 14.0 Å². The fourth-order valence-electron chi connectivity index (χ4n) is 1.39. The molecule has 1 aromatic rings. The molecule has 0 aliphatic heterocycles. The van der Waals surface area contributed by atoms with Crippen molar-refractivity contribution in [2.45, 2.75) is 6.92 Å². The number of thiocarbonyl (C=S) groups is 1. The van der Waals surface area contributed by atoms with E-state index in [9.17, 15) is 9.59 Å². The number of esters is 1. The van der Waals surface area contributed by atoms with Gasteiger partial charge in [-0.2, -0.15) is 0 Å². The Morgan fingerprint density at radius 1 is 1.30 bits per heavy atom. The van der Waals surface area contributed by atoms with Crippen LogP contribution in [0.15, 0.2) is 30.3 Å². The molecular weight excluding hydrogens is 280 g/mol. The largest absolute Gasteiger partial charge is 0.468 e. The zero-order chi connectivity index (χ0) is 15.1. The first kappa shape index (κ1) is 15.8. The summed E-state index contributed by atoms with van der Waals surface area (Å²) in [6.07, 6.45) is -0.823. The minimum atomic E-state index is -1.10. The molecule has 6 nitrogen and oxygen atoms in total. The molecule has 1 rings (SSSR count). The van der Waals surface area contributed by atoms with Crippen molar-refractivity contribution in [1.82, 2.24) is 5.32 Å². The smallest absolute Gasteiger partial charge is 0.417 e. The van der Waals surface area contributed by atoms with Gasteiger partial charge in [-0.15, -0.1) is 0 Å². The lowest BCUT2D eigenvalue weighted by molar-refractivity contribution is -0.141. The Hall–Kier alpha value is -2.28. The molecule has 1 unspecified atom stereocenters. The minimum Gasteiger partial charge on any atom is -0.468 e. The van der Waals surface area contributed by atoms with Gasteiger partial charge in [-0.3, -0.25) is 10.1 Å². The monoisotopic (exact) mass is 294 g/mol. The molecule has 0 heterocycles. The average molecular weight is 294 g/mol. The van der Waals surface area contributed by atoms with E-state index in [2.05, 4.69) is 10.1 Å². The lowest BCUT2D eigenvalue weighted by Gasteiger charge is -2.15. The zero-order valence-electron chi connectivity index (χ0n) is 11.0. The van der Waals surface area contributed by atoms with Crippen LogP contribution in [0.1, 0.15) is 6.92 Å². The number of methoxy groups -OCH3 is 1. The second-order valence-electron chi connectivity index (χ2n) is 3.83. The number of carbonyl (C=O) groups excluding carboxylic acids is 2. The van der Waals surface area contributed by atoms with Gasteiger partial charge in [-0.05, 0) is 19.1 Å². The van der Waals surface area contributed by atoms with Crippen molar-refractivity contribution in [1.29, 1.82) is 5.41 Å². The SMILES string of the molecule is COC(=O)C(C(C)=N)C(=S)NC(=O)Oc1ccccc1. The van der Waals surface area contributed by atoms with Crippen molar-refractivity contribution in [3.8, 4) is 5.75 Å². The molecule has 0 fully saturated rings. The van der Waals surface area contributed by atoms with E-state index in [0.717, 1.165) is 0 Å². The van der Waals surface area contributed by atoms with Crippen molar-refractivity contribution in [3.63, 3.8) is 0 Å². The molecule has 0 aromatic heterocycles. The van der Waals surface area contributed by atoms with Gasteiger partial charge in [0, 0.05) is 5.71 Å². The van der Waals surface area contributed by atoms with Gasteiger partial charge >= 0.3 is 12.1 Å². The van der Waals surface area contributed by atoms with E-state index in [0.29, 0.717) is 5.75 Å². The first-order chi connectivity index (χ1) is 9.45. The molecule has 20 heavy (non-hydrogen) atoms. The van der Waals surface area contributed by atoms with E-state index in [-0.39, 0.29) is 10.7 Å². The summed E-state index contributed by atoms with van der Waals surface area (Å²) in [5.41, 5.74) is -0.0261. The van der Waals surface area contributed by atoms with Gasteiger partial charge in [-0.25, -0.2) is 4.79 Å². The van der Waals surface area contributed by atoms with Crippen LogP contribution >= 0.6 is 12.2 Å². The molecule has 0 saturated carbocycles. The van der Waals surface area contributed by atoms with Crippen LogP contribution in [0.2, 0.25) is 0 Å². The molecule has 106 valence electrons. The first-order valence-corrected chi connectivity index (χ1v) is 6.07. The summed E-state index contributed by atoms with van der Waals surface area (Å²) >= 11 is 4.93. The van der Waals surface area contributed by atoms with Crippen LogP contribution in [0, 0.1) is 11.3 Å². The van der Waals surface area contributed by atoms with Crippen LogP contribution in [0.4, 0.5) is 4.79 Å². The van der Waals surface area contributed by atoms with Crippen molar-refractivity contribution in [3.05, 3.63) is 30.3 Å². The number of benzene rings is 1. The van der Waals surface area contributed by atoms with Crippen LogP contribution in [0.25, 0.3) is 0 Å². The maximum absolute atomic E-state index is 11.6. The predicted molar refractivity (Wildman–Crippen MR) is 77.1 cm³/mol. The quantitative estimate of drug-likeness (QED) is 0.503. The Kier molecular flexibility index (Phi) is 5.79. The van der Waals surface area contributed by atoms with Gasteiger partial charge in [0.25, 0.3) is 0 Å². The van der Waals surface area contributed by atoms with Crippen molar-refractivity contribution in [2.24, 2.45) is 5.92 Å². The van der Waals surface area contributed by atoms with Crippen LogP contribution in [-0.4, -0.2) is 29.9 Å². The fourth-order valence-corrected chi connectivity index (χ4v) is 1.75. The van der Waals surface area contributed by atoms with Gasteiger partial charge in [-0.1, -0.05) is 30.4 Å². The summed E-state index contributed by atoms with van der Waals surface area (Å²) in [5.74, 6) is -1.46. The predicted octanol–water partition coefficient (Wildman–Crippen LogP) is 1.93. The fraction of sp³-hybridized carbons (Fsp3) is 0.231. The van der Waals surface area contributed by atoms with Crippen LogP contribution in [0.5, 0.6) is 5.75 Å². The van der Waals surface area contributed by atoms with Gasteiger partial charge in [0.2, 0.25) is 0 Å². The van der Waals surface area contributed by atoms with Gasteiger partial charge in [0.15, 0.2) is 0 Å². The third-order valence-electron chi connectivity index (χ3n) is 2.31. The molecular formula is C13H14N2O4S. The number of ether oxygens (including phenoxy) is 2. The molecule has 2 N–H and O–H groups in total. The summed E-state index contributed by atoms with van der Waals surface area (Å²) in [7, 11) is 1.18. The zero-order valence-corrected chi connectivity index (χ0v) is 11.8. The standard InChI is InChI=1S/C13H14N2O4S/c1-8(14)10(12(16)18-2)11(20)15-13(17)19-9-6-4-3-5-7-9/h3-7,10,14H,1-2H3,(H,15,17,20). The number of para-hydroxylation sites is 1. The summed E-state index contributed by atoms with van der Waals surface area (Å²) in [5, 5.41) is 9.75. The topological polar surface area (TPSA) is 88.5 Å². The molecule has 0 bridgehead atoms. The number of hydrogen-bond donors (Lipinski definition) is 2. The molecule has 0 saturated heterocycles. The lowest BCUT2D eigenvalue weighted by Crippen LogP contribution is -2.42. The van der Waals surface area contributed by atoms with E-state index < -0.39 is 18.0 Å². The highest BCUT2D eigenvalue weighted by Crippen LogP contribution is 2.09. The molecule has 0 aliphatic rings. The molecule has 0 spiro atoms. The van der Waals surface area contributed by atoms with Crippen LogP contribution < -0.4 is 10.1 Å². The maximum Gasteiger partial charge on any atom is 0.417 e. The Labute approximate surface area is 121 Å². The van der Waals surface area contributed by atoms with E-state index in [4.69, 9.17) is 22.4 Å². The molecule has 1 amide bonds. The molecule has 1 atom stereocenters. The molecule has 0 radical (unpaired) electrons. The maximum atomic E-state index is 11.6. The Morgan fingerprint density at radius 3 is 2.40 bits per heavy atom. The molecule has 7 heteroatoms. The Balaban J connectivity index is 2.67. The van der Waals surface area contributed by atoms with Gasteiger partial charge < -0.3 is 14.9 Å². The van der Waals surface area contributed by atoms with Crippen molar-refractivity contribution in [2.75, 3.05) is 7.11 Å².